The number of benzene rings is 1. The molecule has 0 saturated carbocycles. The van der Waals surface area contributed by atoms with E-state index in [2.05, 4.69) is 47.2 Å². The highest BCUT2D eigenvalue weighted by Crippen LogP contribution is 2.28. The summed E-state index contributed by atoms with van der Waals surface area (Å²) in [6.07, 6.45) is 0.894. The molecule has 0 aliphatic rings. The van der Waals surface area contributed by atoms with Crippen LogP contribution in [-0.4, -0.2) is 6.54 Å². The van der Waals surface area contributed by atoms with Gasteiger partial charge in [-0.15, -0.1) is 0 Å². The van der Waals surface area contributed by atoms with Crippen LogP contribution < -0.4 is 11.1 Å². The Morgan fingerprint density at radius 3 is 2.74 bits per heavy atom. The Balaban J connectivity index is 2.21. The van der Waals surface area contributed by atoms with Crippen LogP contribution in [0.1, 0.15) is 30.0 Å². The Morgan fingerprint density at radius 2 is 2.11 bits per heavy atom. The van der Waals surface area contributed by atoms with Gasteiger partial charge in [-0.05, 0) is 52.7 Å². The van der Waals surface area contributed by atoms with Crippen molar-refractivity contribution < 1.29 is 4.42 Å². The van der Waals surface area contributed by atoms with Crippen LogP contribution >= 0.6 is 15.9 Å². The molecule has 0 saturated heterocycles. The highest BCUT2D eigenvalue weighted by atomic mass is 79.9. The minimum atomic E-state index is -0.0154. The molecule has 0 radical (unpaired) electrons. The third-order valence-electron chi connectivity index (χ3n) is 3.06. The molecule has 19 heavy (non-hydrogen) atoms. The van der Waals surface area contributed by atoms with E-state index < -0.39 is 0 Å². The zero-order valence-corrected chi connectivity index (χ0v) is 12.8. The summed E-state index contributed by atoms with van der Waals surface area (Å²) < 4.78 is 6.80. The average molecular weight is 323 g/mol. The van der Waals surface area contributed by atoms with Gasteiger partial charge in [0.25, 0.3) is 0 Å². The van der Waals surface area contributed by atoms with Crippen molar-refractivity contribution >= 4 is 21.6 Å². The number of rotatable bonds is 5. The summed E-state index contributed by atoms with van der Waals surface area (Å²) in [5.74, 6) is 1.87. The molecule has 3 nitrogen and oxygen atoms in total. The predicted octanol–water partition coefficient (Wildman–Crippen LogP) is 4.02. The molecule has 4 heteroatoms. The van der Waals surface area contributed by atoms with E-state index in [9.17, 15) is 0 Å². The first-order valence-electron chi connectivity index (χ1n) is 6.45. The van der Waals surface area contributed by atoms with Crippen molar-refractivity contribution in [1.29, 1.82) is 0 Å². The normalized spacial score (nSPS) is 12.4. The highest BCUT2D eigenvalue weighted by Gasteiger charge is 2.15. The second kappa shape index (κ2) is 6.26. The first-order valence-corrected chi connectivity index (χ1v) is 7.24. The van der Waals surface area contributed by atoms with Crippen molar-refractivity contribution in [1.82, 2.24) is 0 Å². The molecule has 1 heterocycles. The van der Waals surface area contributed by atoms with Crippen molar-refractivity contribution in [2.24, 2.45) is 5.73 Å². The topological polar surface area (TPSA) is 51.2 Å². The summed E-state index contributed by atoms with van der Waals surface area (Å²) in [5.41, 5.74) is 8.09. The molecule has 1 atom stereocenters. The lowest BCUT2D eigenvalue weighted by Crippen LogP contribution is -2.20. The summed E-state index contributed by atoms with van der Waals surface area (Å²) in [7, 11) is 0. The van der Waals surface area contributed by atoms with Crippen LogP contribution in [0.25, 0.3) is 0 Å². The first-order chi connectivity index (χ1) is 9.13. The van der Waals surface area contributed by atoms with Crippen LogP contribution in [0.15, 0.2) is 39.2 Å². The molecule has 102 valence electrons. The monoisotopic (exact) mass is 322 g/mol. The molecule has 1 aromatic heterocycles. The van der Waals surface area contributed by atoms with Gasteiger partial charge in [-0.25, -0.2) is 0 Å². The van der Waals surface area contributed by atoms with E-state index >= 15 is 0 Å². The van der Waals surface area contributed by atoms with E-state index in [0.29, 0.717) is 6.54 Å². The van der Waals surface area contributed by atoms with Gasteiger partial charge in [0.05, 0.1) is 6.04 Å². The fourth-order valence-corrected chi connectivity index (χ4v) is 2.32. The maximum atomic E-state index is 5.85. The molecule has 0 aliphatic carbocycles. The van der Waals surface area contributed by atoms with Gasteiger partial charge in [-0.2, -0.15) is 0 Å². The number of anilines is 1. The molecule has 0 fully saturated rings. The summed E-state index contributed by atoms with van der Waals surface area (Å²) in [5, 5.41) is 3.43. The number of hydrogen-bond donors (Lipinski definition) is 2. The first kappa shape index (κ1) is 14.2. The SMILES string of the molecule is CCc1ccc(C(CN)Nc2cc(C)ccc2Br)o1. The standard InChI is InChI=1S/C15H19BrN2O/c1-3-11-5-7-15(19-11)14(9-17)18-13-8-10(2)4-6-12(13)16/h4-8,14,18H,3,9,17H2,1-2H3. The van der Waals surface area contributed by atoms with Gasteiger partial charge in [0.2, 0.25) is 0 Å². The minimum Gasteiger partial charge on any atom is -0.464 e. The number of furan rings is 1. The quantitative estimate of drug-likeness (QED) is 0.873. The van der Waals surface area contributed by atoms with Crippen molar-refractivity contribution in [2.75, 3.05) is 11.9 Å². The van der Waals surface area contributed by atoms with Crippen LogP contribution in [-0.2, 0) is 6.42 Å². The minimum absolute atomic E-state index is 0.0154. The molecule has 2 aromatic rings. The summed E-state index contributed by atoms with van der Waals surface area (Å²) in [6.45, 7) is 4.62. The van der Waals surface area contributed by atoms with Gasteiger partial charge in [-0.3, -0.25) is 0 Å². The molecular formula is C15H19BrN2O. The molecular weight excluding hydrogens is 304 g/mol. The number of nitrogens with two attached hydrogens (primary N) is 1. The summed E-state index contributed by atoms with van der Waals surface area (Å²) in [4.78, 5) is 0. The fraction of sp³-hybridized carbons (Fsp3) is 0.333. The van der Waals surface area contributed by atoms with Gasteiger partial charge in [0.1, 0.15) is 11.5 Å². The average Bonchev–Trinajstić information content (AvgIpc) is 2.88. The van der Waals surface area contributed by atoms with Crippen molar-refractivity contribution in [3.05, 3.63) is 51.9 Å². The Labute approximate surface area is 122 Å². The van der Waals surface area contributed by atoms with E-state index in [1.807, 2.05) is 18.2 Å². The number of halogens is 1. The van der Waals surface area contributed by atoms with Gasteiger partial charge in [0.15, 0.2) is 0 Å². The second-order valence-electron chi connectivity index (χ2n) is 4.57. The lowest BCUT2D eigenvalue weighted by Gasteiger charge is -2.17. The van der Waals surface area contributed by atoms with Crippen molar-refractivity contribution in [2.45, 2.75) is 26.3 Å². The second-order valence-corrected chi connectivity index (χ2v) is 5.43. The van der Waals surface area contributed by atoms with Crippen molar-refractivity contribution in [3.8, 4) is 0 Å². The van der Waals surface area contributed by atoms with Crippen LogP contribution in [0, 0.1) is 6.92 Å². The van der Waals surface area contributed by atoms with Crippen molar-refractivity contribution in [3.63, 3.8) is 0 Å². The van der Waals surface area contributed by atoms with Gasteiger partial charge in [-0.1, -0.05) is 13.0 Å². The third kappa shape index (κ3) is 3.39. The lowest BCUT2D eigenvalue weighted by atomic mass is 10.1. The van der Waals surface area contributed by atoms with Gasteiger partial charge in [0, 0.05) is 23.1 Å². The molecule has 0 amide bonds. The molecule has 0 aliphatic heterocycles. The molecule has 3 N–H and O–H groups in total. The van der Waals surface area contributed by atoms with Crippen LogP contribution in [0.4, 0.5) is 5.69 Å². The Hall–Kier alpha value is -1.26. The van der Waals surface area contributed by atoms with E-state index in [1.54, 1.807) is 0 Å². The Bertz CT molecular complexity index is 551. The van der Waals surface area contributed by atoms with Gasteiger partial charge < -0.3 is 15.5 Å². The largest absolute Gasteiger partial charge is 0.464 e. The zero-order valence-electron chi connectivity index (χ0n) is 11.2. The van der Waals surface area contributed by atoms with E-state index in [4.69, 9.17) is 10.2 Å². The molecule has 0 spiro atoms. The molecule has 1 unspecified atom stereocenters. The number of hydrogen-bond acceptors (Lipinski definition) is 3. The van der Waals surface area contributed by atoms with Gasteiger partial charge >= 0.3 is 0 Å². The zero-order chi connectivity index (χ0) is 13.8. The maximum Gasteiger partial charge on any atom is 0.127 e. The Morgan fingerprint density at radius 1 is 1.32 bits per heavy atom. The maximum absolute atomic E-state index is 5.85. The van der Waals surface area contributed by atoms with E-state index in [-0.39, 0.29) is 6.04 Å². The smallest absolute Gasteiger partial charge is 0.127 e. The Kier molecular flexibility index (Phi) is 4.66. The fourth-order valence-electron chi connectivity index (χ4n) is 1.96. The third-order valence-corrected chi connectivity index (χ3v) is 3.75. The molecule has 2 rings (SSSR count). The number of aryl methyl sites for hydroxylation is 2. The highest BCUT2D eigenvalue weighted by molar-refractivity contribution is 9.10. The molecule has 0 bridgehead atoms. The van der Waals surface area contributed by atoms with Crippen LogP contribution in [0.2, 0.25) is 0 Å². The van der Waals surface area contributed by atoms with Crippen LogP contribution in [0.3, 0.4) is 0 Å². The summed E-state index contributed by atoms with van der Waals surface area (Å²) in [6, 6.07) is 10.2. The summed E-state index contributed by atoms with van der Waals surface area (Å²) >= 11 is 3.55. The van der Waals surface area contributed by atoms with Crippen LogP contribution in [0.5, 0.6) is 0 Å². The molecule has 1 aromatic carbocycles. The van der Waals surface area contributed by atoms with E-state index in [0.717, 1.165) is 28.1 Å². The van der Waals surface area contributed by atoms with E-state index in [1.165, 1.54) is 5.56 Å². The number of nitrogens with one attached hydrogen (secondary N) is 1. The lowest BCUT2D eigenvalue weighted by molar-refractivity contribution is 0.448. The predicted molar refractivity (Wildman–Crippen MR) is 82.4 cm³/mol.